The van der Waals surface area contributed by atoms with Gasteiger partial charge in [0, 0.05) is 11.3 Å². The number of rotatable bonds is 1. The lowest BCUT2D eigenvalue weighted by Crippen LogP contribution is -2.42. The molecule has 0 saturated heterocycles. The standard InChI is InChI=1S/C21H16FN3/c1-21(14-10-12-15(22)13-11-14)24-17-7-3-2-6-16(17)20-23-18-8-4-5-9-19(18)25(20)21/h2-13,24H,1H3. The van der Waals surface area contributed by atoms with Crippen molar-refractivity contribution in [3.8, 4) is 11.4 Å². The Hall–Kier alpha value is -3.14. The lowest BCUT2D eigenvalue weighted by molar-refractivity contribution is 0.462. The van der Waals surface area contributed by atoms with Crippen molar-refractivity contribution in [2.45, 2.75) is 12.6 Å². The predicted molar refractivity (Wildman–Crippen MR) is 97.9 cm³/mol. The third kappa shape index (κ3) is 1.94. The Labute approximate surface area is 144 Å². The summed E-state index contributed by atoms with van der Waals surface area (Å²) in [4.78, 5) is 4.88. The first-order valence-electron chi connectivity index (χ1n) is 8.28. The molecule has 1 N–H and O–H groups in total. The molecule has 2 heterocycles. The molecule has 25 heavy (non-hydrogen) atoms. The van der Waals surface area contributed by atoms with Gasteiger partial charge in [0.15, 0.2) is 0 Å². The molecule has 5 rings (SSSR count). The summed E-state index contributed by atoms with van der Waals surface area (Å²) in [6, 6.07) is 22.9. The van der Waals surface area contributed by atoms with Crippen LogP contribution in [0.3, 0.4) is 0 Å². The number of halogens is 1. The van der Waals surface area contributed by atoms with Gasteiger partial charge in [0.1, 0.15) is 17.3 Å². The number of imidazole rings is 1. The smallest absolute Gasteiger partial charge is 0.145 e. The Morgan fingerprint density at radius 3 is 2.48 bits per heavy atom. The largest absolute Gasteiger partial charge is 0.358 e. The van der Waals surface area contributed by atoms with E-state index in [-0.39, 0.29) is 5.82 Å². The fourth-order valence-corrected chi connectivity index (χ4v) is 3.74. The fraction of sp³-hybridized carbons (Fsp3) is 0.0952. The zero-order valence-corrected chi connectivity index (χ0v) is 13.7. The lowest BCUT2D eigenvalue weighted by atomic mass is 9.96. The van der Waals surface area contributed by atoms with E-state index in [1.54, 1.807) is 0 Å². The van der Waals surface area contributed by atoms with Gasteiger partial charge >= 0.3 is 0 Å². The van der Waals surface area contributed by atoms with E-state index in [4.69, 9.17) is 4.98 Å². The molecule has 4 aromatic rings. The molecule has 0 bridgehead atoms. The van der Waals surface area contributed by atoms with E-state index in [1.807, 2.05) is 42.5 Å². The SMILES string of the molecule is CC1(c2ccc(F)cc2)Nc2ccccc2-c2nc3ccccc3n21. The van der Waals surface area contributed by atoms with Gasteiger partial charge in [-0.1, -0.05) is 36.4 Å². The van der Waals surface area contributed by atoms with Crippen LogP contribution in [0.4, 0.5) is 10.1 Å². The second-order valence-electron chi connectivity index (χ2n) is 6.51. The maximum atomic E-state index is 13.5. The molecule has 0 fully saturated rings. The van der Waals surface area contributed by atoms with Gasteiger partial charge < -0.3 is 5.32 Å². The predicted octanol–water partition coefficient (Wildman–Crippen LogP) is 4.99. The Bertz CT molecular complexity index is 1100. The summed E-state index contributed by atoms with van der Waals surface area (Å²) in [5, 5.41) is 3.64. The minimum absolute atomic E-state index is 0.237. The summed E-state index contributed by atoms with van der Waals surface area (Å²) in [6.45, 7) is 2.10. The number of nitrogens with one attached hydrogen (secondary N) is 1. The highest BCUT2D eigenvalue weighted by atomic mass is 19.1. The molecule has 0 spiro atoms. The molecule has 122 valence electrons. The normalized spacial score (nSPS) is 18.5. The van der Waals surface area contributed by atoms with Crippen molar-refractivity contribution in [1.82, 2.24) is 9.55 Å². The minimum atomic E-state index is -0.562. The third-order valence-electron chi connectivity index (χ3n) is 4.96. The summed E-state index contributed by atoms with van der Waals surface area (Å²) in [5.41, 5.74) is 4.51. The molecular formula is C21H16FN3. The van der Waals surface area contributed by atoms with Crippen LogP contribution in [0.5, 0.6) is 0 Å². The molecule has 0 amide bonds. The van der Waals surface area contributed by atoms with Gasteiger partial charge in [-0.2, -0.15) is 0 Å². The maximum Gasteiger partial charge on any atom is 0.145 e. The zero-order valence-electron chi connectivity index (χ0n) is 13.7. The zero-order chi connectivity index (χ0) is 17.0. The molecule has 1 atom stereocenters. The van der Waals surface area contributed by atoms with Crippen LogP contribution < -0.4 is 5.32 Å². The maximum absolute atomic E-state index is 13.5. The van der Waals surface area contributed by atoms with Gasteiger partial charge in [0.25, 0.3) is 0 Å². The van der Waals surface area contributed by atoms with Crippen molar-refractivity contribution in [2.24, 2.45) is 0 Å². The molecule has 1 aliphatic rings. The van der Waals surface area contributed by atoms with Gasteiger partial charge in [-0.15, -0.1) is 0 Å². The van der Waals surface area contributed by atoms with Crippen molar-refractivity contribution >= 4 is 16.7 Å². The molecule has 1 aromatic heterocycles. The number of para-hydroxylation sites is 3. The number of hydrogen-bond donors (Lipinski definition) is 1. The van der Waals surface area contributed by atoms with Crippen molar-refractivity contribution in [2.75, 3.05) is 5.32 Å². The van der Waals surface area contributed by atoms with Crippen molar-refractivity contribution < 1.29 is 4.39 Å². The first kappa shape index (κ1) is 14.2. The van der Waals surface area contributed by atoms with Gasteiger partial charge in [-0.3, -0.25) is 4.57 Å². The second kappa shape index (κ2) is 4.93. The topological polar surface area (TPSA) is 29.9 Å². The third-order valence-corrected chi connectivity index (χ3v) is 4.96. The van der Waals surface area contributed by atoms with E-state index in [1.165, 1.54) is 12.1 Å². The van der Waals surface area contributed by atoms with Gasteiger partial charge in [0.2, 0.25) is 0 Å². The summed E-state index contributed by atoms with van der Waals surface area (Å²) in [5.74, 6) is 0.682. The first-order chi connectivity index (χ1) is 12.2. The molecular weight excluding hydrogens is 313 g/mol. The average molecular weight is 329 g/mol. The average Bonchev–Trinajstić information content (AvgIpc) is 3.03. The summed E-state index contributed by atoms with van der Waals surface area (Å²) >= 11 is 0. The van der Waals surface area contributed by atoms with Crippen LogP contribution in [0, 0.1) is 5.82 Å². The number of fused-ring (bicyclic) bond motifs is 5. The minimum Gasteiger partial charge on any atom is -0.358 e. The highest BCUT2D eigenvalue weighted by molar-refractivity contribution is 5.87. The van der Waals surface area contributed by atoms with Crippen LogP contribution >= 0.6 is 0 Å². The summed E-state index contributed by atoms with van der Waals surface area (Å²) < 4.78 is 15.7. The highest BCUT2D eigenvalue weighted by Gasteiger charge is 2.37. The van der Waals surface area contributed by atoms with Crippen LogP contribution in [0.2, 0.25) is 0 Å². The number of hydrogen-bond acceptors (Lipinski definition) is 2. The lowest BCUT2D eigenvalue weighted by Gasteiger charge is -2.40. The van der Waals surface area contributed by atoms with E-state index in [2.05, 4.69) is 35.0 Å². The van der Waals surface area contributed by atoms with Crippen LogP contribution in [0.25, 0.3) is 22.4 Å². The number of anilines is 1. The van der Waals surface area contributed by atoms with E-state index in [9.17, 15) is 4.39 Å². The van der Waals surface area contributed by atoms with Crippen LogP contribution in [0.1, 0.15) is 12.5 Å². The molecule has 0 aliphatic carbocycles. The van der Waals surface area contributed by atoms with Crippen molar-refractivity contribution in [3.63, 3.8) is 0 Å². The molecule has 0 radical (unpaired) electrons. The molecule has 0 saturated carbocycles. The number of nitrogens with zero attached hydrogens (tertiary/aromatic N) is 2. The van der Waals surface area contributed by atoms with Crippen LogP contribution in [-0.2, 0) is 5.66 Å². The highest BCUT2D eigenvalue weighted by Crippen LogP contribution is 2.43. The molecule has 1 aliphatic heterocycles. The van der Waals surface area contributed by atoms with Gasteiger partial charge in [-0.05, 0) is 48.9 Å². The Morgan fingerprint density at radius 1 is 0.920 bits per heavy atom. The monoisotopic (exact) mass is 329 g/mol. The van der Waals surface area contributed by atoms with Crippen LogP contribution in [-0.4, -0.2) is 9.55 Å². The van der Waals surface area contributed by atoms with Gasteiger partial charge in [-0.25, -0.2) is 9.37 Å². The molecule has 3 aromatic carbocycles. The van der Waals surface area contributed by atoms with E-state index < -0.39 is 5.66 Å². The fourth-order valence-electron chi connectivity index (χ4n) is 3.74. The first-order valence-corrected chi connectivity index (χ1v) is 8.28. The summed E-state index contributed by atoms with van der Waals surface area (Å²) in [6.07, 6.45) is 0. The van der Waals surface area contributed by atoms with Gasteiger partial charge in [0.05, 0.1) is 11.0 Å². The van der Waals surface area contributed by atoms with Crippen molar-refractivity contribution in [1.29, 1.82) is 0 Å². The molecule has 4 heteroatoms. The molecule has 1 unspecified atom stereocenters. The molecule has 3 nitrogen and oxygen atoms in total. The quantitative estimate of drug-likeness (QED) is 0.533. The van der Waals surface area contributed by atoms with Crippen LogP contribution in [0.15, 0.2) is 72.8 Å². The van der Waals surface area contributed by atoms with E-state index >= 15 is 0 Å². The Morgan fingerprint density at radius 2 is 1.64 bits per heavy atom. The summed E-state index contributed by atoms with van der Waals surface area (Å²) in [7, 11) is 0. The Balaban J connectivity index is 1.87. The number of aromatic nitrogens is 2. The second-order valence-corrected chi connectivity index (χ2v) is 6.51. The van der Waals surface area contributed by atoms with E-state index in [0.29, 0.717) is 0 Å². The van der Waals surface area contributed by atoms with Crippen molar-refractivity contribution in [3.05, 3.63) is 84.2 Å². The Kier molecular flexibility index (Phi) is 2.80. The van der Waals surface area contributed by atoms with E-state index in [0.717, 1.165) is 33.7 Å². The number of benzene rings is 3.